The minimum absolute atomic E-state index is 0. The van der Waals surface area contributed by atoms with E-state index >= 15 is 0 Å². The summed E-state index contributed by atoms with van der Waals surface area (Å²) in [6, 6.07) is 7.68. The van der Waals surface area contributed by atoms with Crippen LogP contribution < -0.4 is 10.1 Å². The Morgan fingerprint density at radius 3 is 2.75 bits per heavy atom. The van der Waals surface area contributed by atoms with Crippen LogP contribution in [0, 0.1) is 0 Å². The average Bonchev–Trinajstić information content (AvgIpc) is 2.98. The van der Waals surface area contributed by atoms with Crippen molar-refractivity contribution in [3.8, 4) is 17.2 Å². The second-order valence-electron chi connectivity index (χ2n) is 4.68. The first-order valence-electron chi connectivity index (χ1n) is 6.56. The summed E-state index contributed by atoms with van der Waals surface area (Å²) >= 11 is 0. The summed E-state index contributed by atoms with van der Waals surface area (Å²) < 4.78 is 10.7. The van der Waals surface area contributed by atoms with E-state index in [4.69, 9.17) is 9.26 Å². The molecule has 1 fully saturated rings. The van der Waals surface area contributed by atoms with Crippen LogP contribution in [0.3, 0.4) is 0 Å². The summed E-state index contributed by atoms with van der Waals surface area (Å²) in [5, 5.41) is 7.46. The maximum absolute atomic E-state index is 5.38. The topological polar surface area (TPSA) is 60.2 Å². The largest absolute Gasteiger partial charge is 0.496 e. The van der Waals surface area contributed by atoms with Crippen molar-refractivity contribution in [3.63, 3.8) is 0 Å². The van der Waals surface area contributed by atoms with Gasteiger partial charge < -0.3 is 14.6 Å². The lowest BCUT2D eigenvalue weighted by Gasteiger charge is -2.18. The number of benzene rings is 1. The van der Waals surface area contributed by atoms with Crippen molar-refractivity contribution in [1.82, 2.24) is 15.5 Å². The van der Waals surface area contributed by atoms with Crippen LogP contribution in [-0.2, 0) is 0 Å². The highest BCUT2D eigenvalue weighted by molar-refractivity contribution is 5.85. The van der Waals surface area contributed by atoms with Gasteiger partial charge in [0.25, 0.3) is 5.89 Å². The third kappa shape index (κ3) is 2.94. The second-order valence-corrected chi connectivity index (χ2v) is 4.68. The van der Waals surface area contributed by atoms with E-state index in [1.54, 1.807) is 7.11 Å². The molecule has 0 spiro atoms. The highest BCUT2D eigenvalue weighted by Gasteiger charge is 2.22. The molecule has 1 aromatic heterocycles. The first kappa shape index (κ1) is 14.8. The lowest BCUT2D eigenvalue weighted by atomic mass is 9.98. The van der Waals surface area contributed by atoms with Gasteiger partial charge >= 0.3 is 0 Å². The first-order chi connectivity index (χ1) is 9.38. The zero-order valence-corrected chi connectivity index (χ0v) is 12.2. The third-order valence-electron chi connectivity index (χ3n) is 3.48. The van der Waals surface area contributed by atoms with Gasteiger partial charge in [-0.3, -0.25) is 0 Å². The van der Waals surface area contributed by atoms with Gasteiger partial charge in [-0.1, -0.05) is 17.3 Å². The first-order valence-corrected chi connectivity index (χ1v) is 6.56. The van der Waals surface area contributed by atoms with Crippen molar-refractivity contribution >= 4 is 12.4 Å². The molecule has 2 aromatic rings. The smallest absolute Gasteiger partial charge is 0.261 e. The second kappa shape index (κ2) is 6.72. The van der Waals surface area contributed by atoms with Crippen LogP contribution in [0.15, 0.2) is 28.8 Å². The Morgan fingerprint density at radius 2 is 2.00 bits per heavy atom. The third-order valence-corrected chi connectivity index (χ3v) is 3.48. The van der Waals surface area contributed by atoms with Crippen molar-refractivity contribution in [2.24, 2.45) is 0 Å². The number of hydrogen-bond donors (Lipinski definition) is 1. The summed E-state index contributed by atoms with van der Waals surface area (Å²) in [6.07, 6.45) is 2.12. The number of ether oxygens (including phenoxy) is 1. The van der Waals surface area contributed by atoms with Gasteiger partial charge in [0.1, 0.15) is 5.75 Å². The number of para-hydroxylation sites is 1. The molecular weight excluding hydrogens is 278 g/mol. The summed E-state index contributed by atoms with van der Waals surface area (Å²) in [4.78, 5) is 4.53. The predicted octanol–water partition coefficient (Wildman–Crippen LogP) is 2.63. The number of halogens is 1. The van der Waals surface area contributed by atoms with E-state index < -0.39 is 0 Å². The van der Waals surface area contributed by atoms with E-state index in [1.807, 2.05) is 24.3 Å². The van der Waals surface area contributed by atoms with Gasteiger partial charge in [-0.2, -0.15) is 4.98 Å². The Hall–Kier alpha value is -1.59. The minimum atomic E-state index is 0. The van der Waals surface area contributed by atoms with E-state index in [0.717, 1.165) is 43.1 Å². The predicted molar refractivity (Wildman–Crippen MR) is 78.4 cm³/mol. The van der Waals surface area contributed by atoms with E-state index in [9.17, 15) is 0 Å². The molecule has 0 atom stereocenters. The molecule has 5 nitrogen and oxygen atoms in total. The van der Waals surface area contributed by atoms with Crippen molar-refractivity contribution in [2.75, 3.05) is 20.2 Å². The standard InChI is InChI=1S/C14H17N3O2.ClH/c1-18-12-5-3-2-4-11(12)14-16-13(17-19-14)10-6-8-15-9-7-10;/h2-5,10,15H,6-9H2,1H3;1H. The molecule has 1 aliphatic rings. The Morgan fingerprint density at radius 1 is 1.25 bits per heavy atom. The van der Waals surface area contributed by atoms with E-state index in [-0.39, 0.29) is 12.4 Å². The van der Waals surface area contributed by atoms with Gasteiger partial charge in [-0.15, -0.1) is 12.4 Å². The van der Waals surface area contributed by atoms with Crippen LogP contribution in [0.4, 0.5) is 0 Å². The number of nitrogens with one attached hydrogen (secondary N) is 1. The quantitative estimate of drug-likeness (QED) is 0.943. The summed E-state index contributed by atoms with van der Waals surface area (Å²) in [7, 11) is 1.64. The number of piperidine rings is 1. The Balaban J connectivity index is 0.00000147. The molecule has 0 bridgehead atoms. The van der Waals surface area contributed by atoms with Crippen molar-refractivity contribution in [2.45, 2.75) is 18.8 Å². The van der Waals surface area contributed by atoms with E-state index in [2.05, 4.69) is 15.5 Å². The molecule has 6 heteroatoms. The fourth-order valence-electron chi connectivity index (χ4n) is 2.41. The van der Waals surface area contributed by atoms with Gasteiger partial charge in [0.05, 0.1) is 12.7 Å². The van der Waals surface area contributed by atoms with Crippen LogP contribution in [0.1, 0.15) is 24.6 Å². The molecule has 1 saturated heterocycles. The molecule has 1 N–H and O–H groups in total. The van der Waals surface area contributed by atoms with Crippen molar-refractivity contribution < 1.29 is 9.26 Å². The molecule has 0 unspecified atom stereocenters. The van der Waals surface area contributed by atoms with E-state index in [1.165, 1.54) is 0 Å². The highest BCUT2D eigenvalue weighted by Crippen LogP contribution is 2.30. The molecule has 3 rings (SSSR count). The van der Waals surface area contributed by atoms with Gasteiger partial charge in [0.15, 0.2) is 5.82 Å². The normalized spacial score (nSPS) is 15.7. The number of aromatic nitrogens is 2. The number of nitrogens with zero attached hydrogens (tertiary/aromatic N) is 2. The van der Waals surface area contributed by atoms with E-state index in [0.29, 0.717) is 11.8 Å². The fourth-order valence-corrected chi connectivity index (χ4v) is 2.41. The number of methoxy groups -OCH3 is 1. The summed E-state index contributed by atoms with van der Waals surface area (Å²) in [6.45, 7) is 2.03. The molecule has 20 heavy (non-hydrogen) atoms. The molecule has 0 amide bonds. The Labute approximate surface area is 124 Å². The summed E-state index contributed by atoms with van der Waals surface area (Å²) in [5.41, 5.74) is 0.845. The van der Waals surface area contributed by atoms with Gasteiger partial charge in [0, 0.05) is 5.92 Å². The SMILES string of the molecule is COc1ccccc1-c1nc(C2CCNCC2)no1.Cl. The van der Waals surface area contributed by atoms with Gasteiger partial charge in [-0.25, -0.2) is 0 Å². The van der Waals surface area contributed by atoms with Crippen LogP contribution in [-0.4, -0.2) is 30.3 Å². The molecule has 2 heterocycles. The molecule has 0 saturated carbocycles. The van der Waals surface area contributed by atoms with Crippen LogP contribution >= 0.6 is 12.4 Å². The molecule has 0 radical (unpaired) electrons. The molecular formula is C14H18ClN3O2. The lowest BCUT2D eigenvalue weighted by Crippen LogP contribution is -2.27. The van der Waals surface area contributed by atoms with Gasteiger partial charge in [0.2, 0.25) is 0 Å². The average molecular weight is 296 g/mol. The molecule has 1 aliphatic heterocycles. The number of hydrogen-bond acceptors (Lipinski definition) is 5. The summed E-state index contributed by atoms with van der Waals surface area (Å²) in [5.74, 6) is 2.49. The molecule has 0 aliphatic carbocycles. The minimum Gasteiger partial charge on any atom is -0.496 e. The van der Waals surface area contributed by atoms with Crippen molar-refractivity contribution in [1.29, 1.82) is 0 Å². The maximum Gasteiger partial charge on any atom is 0.261 e. The zero-order valence-electron chi connectivity index (χ0n) is 11.3. The highest BCUT2D eigenvalue weighted by atomic mass is 35.5. The monoisotopic (exact) mass is 295 g/mol. The van der Waals surface area contributed by atoms with Crippen molar-refractivity contribution in [3.05, 3.63) is 30.1 Å². The lowest BCUT2D eigenvalue weighted by molar-refractivity contribution is 0.387. The fraction of sp³-hybridized carbons (Fsp3) is 0.429. The van der Waals surface area contributed by atoms with Crippen LogP contribution in [0.2, 0.25) is 0 Å². The van der Waals surface area contributed by atoms with Gasteiger partial charge in [-0.05, 0) is 38.1 Å². The molecule has 1 aromatic carbocycles. The van der Waals surface area contributed by atoms with Crippen LogP contribution in [0.5, 0.6) is 5.75 Å². The maximum atomic E-state index is 5.38. The van der Waals surface area contributed by atoms with Crippen LogP contribution in [0.25, 0.3) is 11.5 Å². The Kier molecular flexibility index (Phi) is 4.98. The molecule has 108 valence electrons. The Bertz CT molecular complexity index is 553. The zero-order chi connectivity index (χ0) is 13.1. The number of rotatable bonds is 3.